The van der Waals surface area contributed by atoms with Crippen LogP contribution in [0.5, 0.6) is 0 Å². The Bertz CT molecular complexity index is 1490. The third kappa shape index (κ3) is 6.72. The molecule has 0 atom stereocenters. The van der Waals surface area contributed by atoms with Crippen molar-refractivity contribution in [3.63, 3.8) is 0 Å². The number of carbonyl (C=O) groups excluding carboxylic acids is 2. The number of carbonyl (C=O) groups is 2. The lowest BCUT2D eigenvalue weighted by Gasteiger charge is -2.42. The molecule has 0 radical (unpaired) electrons. The van der Waals surface area contributed by atoms with E-state index < -0.39 is 11.2 Å². The first-order chi connectivity index (χ1) is 20.1. The molecule has 3 aromatic carbocycles. The highest BCUT2D eigenvalue weighted by molar-refractivity contribution is 6.01. The van der Waals surface area contributed by atoms with Gasteiger partial charge in [0.2, 0.25) is 0 Å². The Morgan fingerprint density at radius 2 is 1.33 bits per heavy atom. The molecule has 43 heavy (non-hydrogen) atoms. The maximum absolute atomic E-state index is 13.8. The van der Waals surface area contributed by atoms with E-state index in [1.54, 1.807) is 9.80 Å². The summed E-state index contributed by atoms with van der Waals surface area (Å²) >= 11 is 0. The molecule has 0 saturated carbocycles. The lowest BCUT2D eigenvalue weighted by Crippen LogP contribution is -2.49. The number of hydrogen-bond donors (Lipinski definition) is 0. The summed E-state index contributed by atoms with van der Waals surface area (Å²) in [6.45, 7) is 19.4. The van der Waals surface area contributed by atoms with Crippen LogP contribution in [0.3, 0.4) is 0 Å². The number of hydrogen-bond acceptors (Lipinski definition) is 5. The predicted molar refractivity (Wildman–Crippen MR) is 172 cm³/mol. The summed E-state index contributed by atoms with van der Waals surface area (Å²) in [5.41, 5.74) is 5.69. The van der Waals surface area contributed by atoms with Gasteiger partial charge in [-0.05, 0) is 81.5 Å². The molecule has 0 bridgehead atoms. The van der Waals surface area contributed by atoms with Crippen molar-refractivity contribution in [2.24, 2.45) is 0 Å². The number of piperazine rings is 1. The molecule has 0 aromatic heterocycles. The number of anilines is 2. The molecule has 0 N–H and O–H groups in total. The third-order valence-corrected chi connectivity index (χ3v) is 8.00. The molecule has 2 amide bonds. The Morgan fingerprint density at radius 1 is 0.698 bits per heavy atom. The SMILES string of the molecule is CC(C)(C)OC(=O)N1CCN(Cc2ccc3c(c2)C(C)(C)c2ccc(-c4ccccc4)cc2N3C(=O)OC(C)(C)C)CC1. The quantitative estimate of drug-likeness (QED) is 0.312. The van der Waals surface area contributed by atoms with Crippen LogP contribution in [0.25, 0.3) is 11.1 Å². The van der Waals surface area contributed by atoms with Crippen molar-refractivity contribution in [2.75, 3.05) is 31.1 Å². The number of ether oxygens (including phenoxy) is 2. The molecule has 1 fully saturated rings. The van der Waals surface area contributed by atoms with Gasteiger partial charge < -0.3 is 14.4 Å². The first-order valence-electron chi connectivity index (χ1n) is 15.2. The summed E-state index contributed by atoms with van der Waals surface area (Å²) in [7, 11) is 0. The van der Waals surface area contributed by atoms with Gasteiger partial charge in [-0.1, -0.05) is 68.4 Å². The van der Waals surface area contributed by atoms with Gasteiger partial charge in [0.1, 0.15) is 11.2 Å². The Kier molecular flexibility index (Phi) is 8.07. The van der Waals surface area contributed by atoms with E-state index in [-0.39, 0.29) is 17.6 Å². The van der Waals surface area contributed by atoms with Crippen LogP contribution in [0.15, 0.2) is 66.7 Å². The van der Waals surface area contributed by atoms with Crippen LogP contribution >= 0.6 is 0 Å². The second kappa shape index (κ2) is 11.3. The molecule has 7 heteroatoms. The molecule has 0 spiro atoms. The van der Waals surface area contributed by atoms with Crippen molar-refractivity contribution in [1.82, 2.24) is 9.80 Å². The van der Waals surface area contributed by atoms with Crippen LogP contribution in [-0.4, -0.2) is 59.4 Å². The minimum Gasteiger partial charge on any atom is -0.444 e. The molecule has 1 saturated heterocycles. The van der Waals surface area contributed by atoms with Gasteiger partial charge >= 0.3 is 12.2 Å². The number of rotatable bonds is 3. The summed E-state index contributed by atoms with van der Waals surface area (Å²) < 4.78 is 11.5. The summed E-state index contributed by atoms with van der Waals surface area (Å²) in [5, 5.41) is 0. The average molecular weight is 584 g/mol. The zero-order valence-electron chi connectivity index (χ0n) is 26.9. The second-order valence-electron chi connectivity index (χ2n) is 14.1. The first-order valence-corrected chi connectivity index (χ1v) is 15.2. The molecule has 2 aliphatic heterocycles. The molecular formula is C36H45N3O4. The van der Waals surface area contributed by atoms with Gasteiger partial charge in [-0.15, -0.1) is 0 Å². The van der Waals surface area contributed by atoms with Gasteiger partial charge in [-0.3, -0.25) is 4.90 Å². The largest absolute Gasteiger partial charge is 0.444 e. The molecule has 228 valence electrons. The lowest BCUT2D eigenvalue weighted by atomic mass is 9.73. The van der Waals surface area contributed by atoms with E-state index in [1.807, 2.05) is 59.7 Å². The van der Waals surface area contributed by atoms with Gasteiger partial charge in [-0.25, -0.2) is 14.5 Å². The standard InChI is InChI=1S/C36H45N3O4/c1-34(2,3)42-32(40)38-20-18-37(19-21-38)24-25-14-17-30-29(22-25)36(7,8)28-16-15-27(26-12-10-9-11-13-26)23-31(28)39(30)33(41)43-35(4,5)6/h9-17,22-23H,18-21,24H2,1-8H3. The van der Waals surface area contributed by atoms with E-state index in [1.165, 1.54) is 5.56 Å². The van der Waals surface area contributed by atoms with Gasteiger partial charge in [0, 0.05) is 38.1 Å². The van der Waals surface area contributed by atoms with Crippen molar-refractivity contribution in [1.29, 1.82) is 0 Å². The highest BCUT2D eigenvalue weighted by atomic mass is 16.6. The van der Waals surface area contributed by atoms with Gasteiger partial charge in [0.05, 0.1) is 11.4 Å². The van der Waals surface area contributed by atoms with Crippen molar-refractivity contribution in [3.8, 4) is 11.1 Å². The third-order valence-electron chi connectivity index (χ3n) is 8.00. The predicted octanol–water partition coefficient (Wildman–Crippen LogP) is 8.12. The van der Waals surface area contributed by atoms with Crippen LogP contribution in [-0.2, 0) is 21.4 Å². The van der Waals surface area contributed by atoms with E-state index in [9.17, 15) is 9.59 Å². The number of fused-ring (bicyclic) bond motifs is 2. The zero-order valence-corrected chi connectivity index (χ0v) is 26.9. The molecule has 5 rings (SSSR count). The van der Waals surface area contributed by atoms with Gasteiger partial charge in [-0.2, -0.15) is 0 Å². The highest BCUT2D eigenvalue weighted by Crippen LogP contribution is 2.50. The monoisotopic (exact) mass is 583 g/mol. The van der Waals surface area contributed by atoms with Gasteiger partial charge in [0.25, 0.3) is 0 Å². The average Bonchev–Trinajstić information content (AvgIpc) is 2.92. The maximum atomic E-state index is 13.8. The van der Waals surface area contributed by atoms with Crippen molar-refractivity contribution in [3.05, 3.63) is 83.4 Å². The summed E-state index contributed by atoms with van der Waals surface area (Å²) in [5.74, 6) is 0. The fourth-order valence-corrected chi connectivity index (χ4v) is 5.88. The fourth-order valence-electron chi connectivity index (χ4n) is 5.88. The summed E-state index contributed by atoms with van der Waals surface area (Å²) in [4.78, 5) is 32.3. The van der Waals surface area contributed by atoms with E-state index >= 15 is 0 Å². The van der Waals surface area contributed by atoms with Gasteiger partial charge in [0.15, 0.2) is 0 Å². The first kappa shape index (κ1) is 30.6. The summed E-state index contributed by atoms with van der Waals surface area (Å²) in [6, 6.07) is 23.0. The smallest absolute Gasteiger partial charge is 0.419 e. The van der Waals surface area contributed by atoms with E-state index in [0.717, 1.165) is 53.3 Å². The number of amides is 2. The fraction of sp³-hybridized carbons (Fsp3) is 0.444. The molecule has 0 unspecified atom stereocenters. The molecule has 0 aliphatic carbocycles. The van der Waals surface area contributed by atoms with E-state index in [2.05, 4.69) is 67.3 Å². The Labute approximate surface area is 256 Å². The van der Waals surface area contributed by atoms with Crippen LogP contribution in [0.2, 0.25) is 0 Å². The molecule has 7 nitrogen and oxygen atoms in total. The van der Waals surface area contributed by atoms with Crippen molar-refractivity contribution in [2.45, 2.75) is 78.6 Å². The maximum Gasteiger partial charge on any atom is 0.419 e. The van der Waals surface area contributed by atoms with Crippen LogP contribution in [0.1, 0.15) is 72.1 Å². The molecule has 3 aromatic rings. The van der Waals surface area contributed by atoms with E-state index in [4.69, 9.17) is 9.47 Å². The Morgan fingerprint density at radius 3 is 1.95 bits per heavy atom. The Balaban J connectivity index is 1.45. The minimum absolute atomic E-state index is 0.251. The normalized spacial score (nSPS) is 16.7. The molecular weight excluding hydrogens is 538 g/mol. The minimum atomic E-state index is -0.636. The summed E-state index contributed by atoms with van der Waals surface area (Å²) in [6.07, 6.45) is -0.638. The van der Waals surface area contributed by atoms with Crippen LogP contribution in [0.4, 0.5) is 21.0 Å². The highest BCUT2D eigenvalue weighted by Gasteiger charge is 2.40. The van der Waals surface area contributed by atoms with Crippen molar-refractivity contribution >= 4 is 23.6 Å². The van der Waals surface area contributed by atoms with Crippen molar-refractivity contribution < 1.29 is 19.1 Å². The van der Waals surface area contributed by atoms with Crippen LogP contribution in [0, 0.1) is 0 Å². The number of benzene rings is 3. The number of nitrogens with zero attached hydrogens (tertiary/aromatic N) is 3. The topological polar surface area (TPSA) is 62.3 Å². The Hall–Kier alpha value is -3.84. The molecule has 2 heterocycles. The second-order valence-corrected chi connectivity index (χ2v) is 14.1. The lowest BCUT2D eigenvalue weighted by molar-refractivity contribution is 0.0138. The molecule has 2 aliphatic rings. The zero-order chi connectivity index (χ0) is 31.2. The van der Waals surface area contributed by atoms with E-state index in [0.29, 0.717) is 13.1 Å². The van der Waals surface area contributed by atoms with Crippen LogP contribution < -0.4 is 4.90 Å².